The summed E-state index contributed by atoms with van der Waals surface area (Å²) in [5.74, 6) is -1.40. The number of rotatable bonds is 6. The number of amides is 1. The van der Waals surface area contributed by atoms with Gasteiger partial charge in [0.1, 0.15) is 17.0 Å². The first-order valence-electron chi connectivity index (χ1n) is 8.37. The van der Waals surface area contributed by atoms with Gasteiger partial charge in [-0.25, -0.2) is 9.48 Å². The Labute approximate surface area is 175 Å². The van der Waals surface area contributed by atoms with Crippen molar-refractivity contribution in [3.05, 3.63) is 57.1 Å². The van der Waals surface area contributed by atoms with Crippen molar-refractivity contribution in [3.8, 4) is 5.75 Å². The van der Waals surface area contributed by atoms with E-state index in [1.54, 1.807) is 36.7 Å². The molecular formula is C18H17Cl2N5O4. The molecule has 2 heterocycles. The van der Waals surface area contributed by atoms with Crippen LogP contribution in [0.1, 0.15) is 32.2 Å². The minimum atomic E-state index is -1.24. The van der Waals surface area contributed by atoms with Gasteiger partial charge in [0, 0.05) is 12.1 Å². The fourth-order valence-corrected chi connectivity index (χ4v) is 3.23. The summed E-state index contributed by atoms with van der Waals surface area (Å²) in [5, 5.41) is 21.0. The van der Waals surface area contributed by atoms with E-state index in [1.165, 1.54) is 11.7 Å². The van der Waals surface area contributed by atoms with Crippen LogP contribution in [0.5, 0.6) is 5.75 Å². The number of benzene rings is 1. The molecule has 0 fully saturated rings. The predicted octanol–water partition coefficient (Wildman–Crippen LogP) is 3.53. The number of nitrogens with zero attached hydrogens (tertiary/aromatic N) is 4. The molecule has 152 valence electrons. The number of aromatic carboxylic acids is 1. The van der Waals surface area contributed by atoms with Crippen molar-refractivity contribution in [1.29, 1.82) is 0 Å². The Kier molecular flexibility index (Phi) is 5.81. The summed E-state index contributed by atoms with van der Waals surface area (Å²) >= 11 is 12.0. The molecule has 29 heavy (non-hydrogen) atoms. The van der Waals surface area contributed by atoms with Crippen LogP contribution in [0.3, 0.4) is 0 Å². The molecule has 9 nitrogen and oxygen atoms in total. The van der Waals surface area contributed by atoms with Gasteiger partial charge in [0.15, 0.2) is 6.73 Å². The highest BCUT2D eigenvalue weighted by Crippen LogP contribution is 2.28. The second-order valence-electron chi connectivity index (χ2n) is 6.18. The van der Waals surface area contributed by atoms with Crippen molar-refractivity contribution in [2.75, 3.05) is 5.32 Å². The predicted molar refractivity (Wildman–Crippen MR) is 107 cm³/mol. The largest absolute Gasteiger partial charge is 0.478 e. The van der Waals surface area contributed by atoms with Gasteiger partial charge in [-0.05, 0) is 32.0 Å². The van der Waals surface area contributed by atoms with Gasteiger partial charge in [0.25, 0.3) is 5.91 Å². The van der Waals surface area contributed by atoms with Gasteiger partial charge in [0.05, 0.1) is 28.3 Å². The van der Waals surface area contributed by atoms with Gasteiger partial charge in [-0.2, -0.15) is 10.2 Å². The topological polar surface area (TPSA) is 111 Å². The van der Waals surface area contributed by atoms with Gasteiger partial charge in [-0.3, -0.25) is 9.48 Å². The number of carboxylic acids is 1. The molecule has 0 radical (unpaired) electrons. The molecule has 11 heteroatoms. The highest BCUT2D eigenvalue weighted by Gasteiger charge is 2.24. The molecule has 0 saturated carbocycles. The molecule has 1 amide bonds. The van der Waals surface area contributed by atoms with Crippen molar-refractivity contribution in [1.82, 2.24) is 19.6 Å². The maximum Gasteiger partial charge on any atom is 0.339 e. The molecule has 0 aliphatic carbocycles. The van der Waals surface area contributed by atoms with Crippen LogP contribution >= 0.6 is 23.2 Å². The fraction of sp³-hybridized carbons (Fsp3) is 0.222. The van der Waals surface area contributed by atoms with Crippen LogP contribution in [0.25, 0.3) is 0 Å². The SMILES string of the molecule is Cc1nn(COc2ccc(Cl)cc2Cl)c(C)c1NC(=O)c1c(C(=O)O)cnn1C. The Hall–Kier alpha value is -3.04. The monoisotopic (exact) mass is 437 g/mol. The third kappa shape index (κ3) is 4.20. The van der Waals surface area contributed by atoms with E-state index in [-0.39, 0.29) is 18.0 Å². The summed E-state index contributed by atoms with van der Waals surface area (Å²) in [6.07, 6.45) is 1.13. The van der Waals surface area contributed by atoms with E-state index in [4.69, 9.17) is 27.9 Å². The number of aryl methyl sites for hydroxylation is 2. The normalized spacial score (nSPS) is 10.8. The van der Waals surface area contributed by atoms with Gasteiger partial charge < -0.3 is 15.2 Å². The molecular weight excluding hydrogens is 421 g/mol. The summed E-state index contributed by atoms with van der Waals surface area (Å²) < 4.78 is 8.44. The van der Waals surface area contributed by atoms with Crippen LogP contribution in [0.4, 0.5) is 5.69 Å². The molecule has 0 atom stereocenters. The van der Waals surface area contributed by atoms with Crippen LogP contribution in [-0.2, 0) is 13.8 Å². The van der Waals surface area contributed by atoms with Crippen LogP contribution < -0.4 is 10.1 Å². The van der Waals surface area contributed by atoms with Crippen molar-refractivity contribution >= 4 is 40.8 Å². The molecule has 0 bridgehead atoms. The van der Waals surface area contributed by atoms with Gasteiger partial charge in [-0.15, -0.1) is 0 Å². The zero-order valence-corrected chi connectivity index (χ0v) is 17.2. The van der Waals surface area contributed by atoms with Gasteiger partial charge in [0.2, 0.25) is 0 Å². The van der Waals surface area contributed by atoms with Crippen molar-refractivity contribution < 1.29 is 19.4 Å². The molecule has 2 aromatic heterocycles. The van der Waals surface area contributed by atoms with Gasteiger partial charge >= 0.3 is 5.97 Å². The highest BCUT2D eigenvalue weighted by molar-refractivity contribution is 6.35. The lowest BCUT2D eigenvalue weighted by Crippen LogP contribution is -2.20. The van der Waals surface area contributed by atoms with Crippen LogP contribution in [0.2, 0.25) is 10.0 Å². The number of carboxylic acid groups (broad SMARTS) is 1. The summed E-state index contributed by atoms with van der Waals surface area (Å²) in [4.78, 5) is 24.0. The number of hydrogen-bond donors (Lipinski definition) is 2. The zero-order valence-electron chi connectivity index (χ0n) is 15.7. The summed E-state index contributed by atoms with van der Waals surface area (Å²) in [6.45, 7) is 3.52. The van der Waals surface area contributed by atoms with E-state index in [9.17, 15) is 14.7 Å². The second-order valence-corrected chi connectivity index (χ2v) is 7.03. The lowest BCUT2D eigenvalue weighted by molar-refractivity contribution is 0.0692. The Morgan fingerprint density at radius 1 is 1.28 bits per heavy atom. The smallest absolute Gasteiger partial charge is 0.339 e. The van der Waals surface area contributed by atoms with E-state index in [1.807, 2.05) is 0 Å². The third-order valence-electron chi connectivity index (χ3n) is 4.24. The Morgan fingerprint density at radius 3 is 2.66 bits per heavy atom. The molecule has 0 aliphatic rings. The number of carbonyl (C=O) groups is 2. The second kappa shape index (κ2) is 8.14. The quantitative estimate of drug-likeness (QED) is 0.609. The molecule has 0 aliphatic heterocycles. The first-order valence-corrected chi connectivity index (χ1v) is 9.13. The number of halogens is 2. The summed E-state index contributed by atoms with van der Waals surface area (Å²) in [6, 6.07) is 4.87. The molecule has 0 unspecified atom stereocenters. The molecule has 3 aromatic rings. The van der Waals surface area contributed by atoms with Crippen molar-refractivity contribution in [2.24, 2.45) is 7.05 Å². The van der Waals surface area contributed by atoms with E-state index < -0.39 is 11.9 Å². The number of nitrogens with one attached hydrogen (secondary N) is 1. The molecule has 0 spiro atoms. The number of anilines is 1. The number of carbonyl (C=O) groups excluding carboxylic acids is 1. The van der Waals surface area contributed by atoms with E-state index in [2.05, 4.69) is 15.5 Å². The number of ether oxygens (including phenoxy) is 1. The van der Waals surface area contributed by atoms with Crippen LogP contribution in [-0.4, -0.2) is 36.5 Å². The lowest BCUT2D eigenvalue weighted by Gasteiger charge is -2.10. The minimum absolute atomic E-state index is 0.0516. The molecule has 0 saturated heterocycles. The molecule has 1 aromatic carbocycles. The Bertz CT molecular complexity index is 1110. The third-order valence-corrected chi connectivity index (χ3v) is 4.77. The first kappa shape index (κ1) is 20.7. The van der Waals surface area contributed by atoms with Crippen molar-refractivity contribution in [2.45, 2.75) is 20.6 Å². The lowest BCUT2D eigenvalue weighted by atomic mass is 10.2. The average molecular weight is 438 g/mol. The van der Waals surface area contributed by atoms with Crippen LogP contribution in [0, 0.1) is 13.8 Å². The standard InChI is InChI=1S/C18H17Cl2N5O4/c1-9-15(22-17(26)16-12(18(27)28)7-21-24(16)3)10(2)25(23-9)8-29-14-5-4-11(19)6-13(14)20/h4-7H,8H2,1-3H3,(H,22,26)(H,27,28). The summed E-state index contributed by atoms with van der Waals surface area (Å²) in [5.41, 5.74) is 1.38. The van der Waals surface area contributed by atoms with E-state index in [0.29, 0.717) is 32.9 Å². The highest BCUT2D eigenvalue weighted by atomic mass is 35.5. The fourth-order valence-electron chi connectivity index (χ4n) is 2.76. The number of hydrogen-bond acceptors (Lipinski definition) is 5. The minimum Gasteiger partial charge on any atom is -0.478 e. The average Bonchev–Trinajstić information content (AvgIpc) is 3.16. The molecule has 2 N–H and O–H groups in total. The summed E-state index contributed by atoms with van der Waals surface area (Å²) in [7, 11) is 1.49. The van der Waals surface area contributed by atoms with E-state index >= 15 is 0 Å². The maximum absolute atomic E-state index is 12.7. The number of aromatic nitrogens is 4. The Morgan fingerprint density at radius 2 is 2.00 bits per heavy atom. The molecule has 3 rings (SSSR count). The van der Waals surface area contributed by atoms with Crippen molar-refractivity contribution in [3.63, 3.8) is 0 Å². The van der Waals surface area contributed by atoms with E-state index in [0.717, 1.165) is 6.20 Å². The van der Waals surface area contributed by atoms with Gasteiger partial charge in [-0.1, -0.05) is 23.2 Å². The maximum atomic E-state index is 12.7. The zero-order chi connectivity index (χ0) is 21.3. The first-order chi connectivity index (χ1) is 13.7. The Balaban J connectivity index is 1.80. The van der Waals surface area contributed by atoms with Crippen LogP contribution in [0.15, 0.2) is 24.4 Å².